The molecule has 0 radical (unpaired) electrons. The van der Waals surface area contributed by atoms with Crippen LogP contribution in [0.2, 0.25) is 0 Å². The van der Waals surface area contributed by atoms with Gasteiger partial charge in [-0.2, -0.15) is 0 Å². The number of pyridine rings is 1. The molecule has 1 saturated heterocycles. The van der Waals surface area contributed by atoms with Crippen LogP contribution < -0.4 is 5.32 Å². The summed E-state index contributed by atoms with van der Waals surface area (Å²) in [5.41, 5.74) is 0.0504. The molecule has 3 aromatic heterocycles. The van der Waals surface area contributed by atoms with Crippen LogP contribution >= 0.6 is 15.9 Å². The number of hydrogen-bond donors (Lipinski definition) is 1. The van der Waals surface area contributed by atoms with E-state index in [1.165, 1.54) is 29.0 Å². The summed E-state index contributed by atoms with van der Waals surface area (Å²) in [7, 11) is 0. The molecule has 0 bridgehead atoms. The Morgan fingerprint density at radius 3 is 2.89 bits per heavy atom. The molecule has 0 amide bonds. The van der Waals surface area contributed by atoms with E-state index < -0.39 is 24.5 Å². The second-order valence-electron chi connectivity index (χ2n) is 6.26. The van der Waals surface area contributed by atoms with E-state index in [1.54, 1.807) is 0 Å². The number of fused-ring (bicyclic) bond motifs is 1. The van der Waals surface area contributed by atoms with Gasteiger partial charge in [-0.1, -0.05) is 0 Å². The van der Waals surface area contributed by atoms with Crippen LogP contribution in [-0.4, -0.2) is 45.0 Å². The molecule has 0 aromatic carbocycles. The molecule has 0 unspecified atom stereocenters. The van der Waals surface area contributed by atoms with Gasteiger partial charge >= 0.3 is 0 Å². The highest BCUT2D eigenvalue weighted by atomic mass is 79.9. The number of aromatic nitrogens is 4. The Kier molecular flexibility index (Phi) is 5.19. The molecule has 4 rings (SSSR count). The predicted octanol–water partition coefficient (Wildman–Crippen LogP) is 4.17. The lowest BCUT2D eigenvalue weighted by molar-refractivity contribution is 0.0284. The number of halogens is 5. The quantitative estimate of drug-likeness (QED) is 0.593. The molecule has 1 aliphatic rings. The van der Waals surface area contributed by atoms with Crippen molar-refractivity contribution in [2.75, 3.05) is 18.5 Å². The minimum atomic E-state index is -2.70. The van der Waals surface area contributed by atoms with Crippen molar-refractivity contribution in [2.24, 2.45) is 0 Å². The van der Waals surface area contributed by atoms with Crippen molar-refractivity contribution < 1.29 is 22.3 Å². The Morgan fingerprint density at radius 2 is 2.14 bits per heavy atom. The van der Waals surface area contributed by atoms with Gasteiger partial charge in [0.25, 0.3) is 6.43 Å². The van der Waals surface area contributed by atoms with E-state index in [0.717, 1.165) is 0 Å². The standard InChI is InChI=1S/C17H14BrF4N5O/c18-13-14(20)12-6-24-17(25-10-2-4-28-7-9(10)19)26-27(12)15(13)11-5-8(16(21)22)1-3-23-11/h1,3,5-6,9-10,16H,2,4,7H2,(H,25,26)/t9-,10-/m1/s1. The summed E-state index contributed by atoms with van der Waals surface area (Å²) in [4.78, 5) is 8.10. The SMILES string of the molecule is Fc1c(Br)c(-c2cc(C(F)F)ccn2)n2nc(N[C@@H]3CCOC[C@H]3F)ncc12. The summed E-state index contributed by atoms with van der Waals surface area (Å²) in [6.45, 7) is 0.374. The number of anilines is 1. The first-order chi connectivity index (χ1) is 13.5. The van der Waals surface area contributed by atoms with Crippen molar-refractivity contribution in [1.82, 2.24) is 19.6 Å². The first-order valence-corrected chi connectivity index (χ1v) is 9.20. The third kappa shape index (κ3) is 3.44. The Morgan fingerprint density at radius 1 is 1.32 bits per heavy atom. The molecule has 4 heterocycles. The molecule has 28 heavy (non-hydrogen) atoms. The number of nitrogens with zero attached hydrogens (tertiary/aromatic N) is 4. The Balaban J connectivity index is 1.78. The maximum Gasteiger partial charge on any atom is 0.263 e. The summed E-state index contributed by atoms with van der Waals surface area (Å²) < 4.78 is 60.9. The van der Waals surface area contributed by atoms with Gasteiger partial charge < -0.3 is 10.1 Å². The van der Waals surface area contributed by atoms with E-state index >= 15 is 0 Å². The second kappa shape index (κ2) is 7.63. The van der Waals surface area contributed by atoms with Crippen LogP contribution in [0, 0.1) is 5.82 Å². The molecule has 1 aliphatic heterocycles. The number of ether oxygens (including phenoxy) is 1. The molecule has 1 N–H and O–H groups in total. The molecule has 0 spiro atoms. The minimum absolute atomic E-state index is 0.0206. The monoisotopic (exact) mass is 459 g/mol. The van der Waals surface area contributed by atoms with Crippen LogP contribution in [0.15, 0.2) is 29.0 Å². The van der Waals surface area contributed by atoms with Gasteiger partial charge in [0, 0.05) is 18.4 Å². The summed E-state index contributed by atoms with van der Waals surface area (Å²) in [6.07, 6.45) is -1.04. The number of rotatable bonds is 4. The zero-order valence-corrected chi connectivity index (χ0v) is 15.8. The van der Waals surface area contributed by atoms with Gasteiger partial charge in [-0.15, -0.1) is 5.10 Å². The highest BCUT2D eigenvalue weighted by molar-refractivity contribution is 9.10. The number of hydrogen-bond acceptors (Lipinski definition) is 5. The fourth-order valence-electron chi connectivity index (χ4n) is 3.01. The largest absolute Gasteiger partial charge is 0.378 e. The van der Waals surface area contributed by atoms with E-state index in [-0.39, 0.29) is 39.5 Å². The maximum atomic E-state index is 14.6. The first-order valence-electron chi connectivity index (χ1n) is 8.41. The van der Waals surface area contributed by atoms with E-state index in [9.17, 15) is 17.6 Å². The second-order valence-corrected chi connectivity index (χ2v) is 7.05. The normalized spacial score (nSPS) is 20.1. The summed E-state index contributed by atoms with van der Waals surface area (Å²) in [6, 6.07) is 1.81. The molecule has 148 valence electrons. The smallest absolute Gasteiger partial charge is 0.263 e. The fourth-order valence-corrected chi connectivity index (χ4v) is 3.59. The van der Waals surface area contributed by atoms with E-state index in [4.69, 9.17) is 4.74 Å². The van der Waals surface area contributed by atoms with Crippen LogP contribution in [-0.2, 0) is 4.74 Å². The Bertz CT molecular complexity index is 1010. The van der Waals surface area contributed by atoms with Gasteiger partial charge in [0.2, 0.25) is 5.95 Å². The summed E-state index contributed by atoms with van der Waals surface area (Å²) in [5.74, 6) is -0.573. The third-order valence-corrected chi connectivity index (χ3v) is 5.17. The lowest BCUT2D eigenvalue weighted by atomic mass is 10.1. The van der Waals surface area contributed by atoms with Crippen molar-refractivity contribution in [3.63, 3.8) is 0 Å². The maximum absolute atomic E-state index is 14.6. The van der Waals surface area contributed by atoms with Gasteiger partial charge in [-0.25, -0.2) is 27.1 Å². The summed E-state index contributed by atoms with van der Waals surface area (Å²) in [5, 5.41) is 7.11. The molecule has 1 fully saturated rings. The number of alkyl halides is 3. The van der Waals surface area contributed by atoms with Crippen molar-refractivity contribution in [3.8, 4) is 11.4 Å². The van der Waals surface area contributed by atoms with Crippen molar-refractivity contribution in [2.45, 2.75) is 25.1 Å². The van der Waals surface area contributed by atoms with Gasteiger partial charge in [0.15, 0.2) is 5.82 Å². The van der Waals surface area contributed by atoms with Crippen molar-refractivity contribution >= 4 is 27.4 Å². The molecule has 6 nitrogen and oxygen atoms in total. The average molecular weight is 460 g/mol. The van der Waals surface area contributed by atoms with Crippen LogP contribution in [0.5, 0.6) is 0 Å². The molecule has 3 aromatic rings. The van der Waals surface area contributed by atoms with E-state index in [0.29, 0.717) is 13.0 Å². The van der Waals surface area contributed by atoms with Crippen LogP contribution in [0.1, 0.15) is 18.4 Å². The molecule has 0 saturated carbocycles. The minimum Gasteiger partial charge on any atom is -0.378 e. The molecular weight excluding hydrogens is 446 g/mol. The zero-order valence-electron chi connectivity index (χ0n) is 14.2. The van der Waals surface area contributed by atoms with Crippen molar-refractivity contribution in [3.05, 3.63) is 40.4 Å². The van der Waals surface area contributed by atoms with Gasteiger partial charge in [0.1, 0.15) is 17.4 Å². The molecule has 2 atom stereocenters. The predicted molar refractivity (Wildman–Crippen MR) is 96.6 cm³/mol. The van der Waals surface area contributed by atoms with Gasteiger partial charge in [-0.3, -0.25) is 4.98 Å². The lowest BCUT2D eigenvalue weighted by Crippen LogP contribution is -2.39. The highest BCUT2D eigenvalue weighted by Crippen LogP contribution is 2.35. The van der Waals surface area contributed by atoms with Crippen LogP contribution in [0.25, 0.3) is 16.9 Å². The summed E-state index contributed by atoms with van der Waals surface area (Å²) >= 11 is 3.14. The third-order valence-electron chi connectivity index (χ3n) is 4.45. The zero-order chi connectivity index (χ0) is 19.8. The van der Waals surface area contributed by atoms with Gasteiger partial charge in [0.05, 0.1) is 29.0 Å². The Labute approximate surface area is 165 Å². The molecule has 0 aliphatic carbocycles. The van der Waals surface area contributed by atoms with Crippen LogP contribution in [0.3, 0.4) is 0 Å². The Hall–Kier alpha value is -2.27. The van der Waals surface area contributed by atoms with E-state index in [1.807, 2.05) is 0 Å². The first kappa shape index (κ1) is 19.1. The average Bonchev–Trinajstić information content (AvgIpc) is 2.94. The fraction of sp³-hybridized carbons (Fsp3) is 0.353. The van der Waals surface area contributed by atoms with Crippen molar-refractivity contribution in [1.29, 1.82) is 0 Å². The van der Waals surface area contributed by atoms with E-state index in [2.05, 4.69) is 36.3 Å². The molecule has 11 heteroatoms. The topological polar surface area (TPSA) is 64.3 Å². The lowest BCUT2D eigenvalue weighted by Gasteiger charge is -2.26. The molecular formula is C17H14BrF4N5O. The van der Waals surface area contributed by atoms with Crippen LogP contribution in [0.4, 0.5) is 23.5 Å². The van der Waals surface area contributed by atoms with Gasteiger partial charge in [-0.05, 0) is 34.5 Å². The number of nitrogens with one attached hydrogen (secondary N) is 1. The highest BCUT2D eigenvalue weighted by Gasteiger charge is 2.27.